The molecule has 1 amide bonds. The Balaban J connectivity index is 2.18. The normalized spacial score (nSPS) is 10.1. The predicted octanol–water partition coefficient (Wildman–Crippen LogP) is 1.93. The lowest BCUT2D eigenvalue weighted by molar-refractivity contribution is 0.102. The number of nitrogens with two attached hydrogens (primary N) is 1. The summed E-state index contributed by atoms with van der Waals surface area (Å²) in [5, 5.41) is 10.3. The van der Waals surface area contributed by atoms with Gasteiger partial charge in [0.1, 0.15) is 0 Å². The van der Waals surface area contributed by atoms with Gasteiger partial charge in [0.05, 0.1) is 0 Å². The lowest BCUT2D eigenvalue weighted by Gasteiger charge is -2.08. The number of carbonyl (C=O) groups excluding carboxylic acids is 1. The van der Waals surface area contributed by atoms with E-state index in [4.69, 9.17) is 5.84 Å². The minimum atomic E-state index is -0.304. The molecular formula is C12H12IN5O. The summed E-state index contributed by atoms with van der Waals surface area (Å²) < 4.78 is 1.05. The summed E-state index contributed by atoms with van der Waals surface area (Å²) in [6.07, 6.45) is 0. The first-order valence-corrected chi connectivity index (χ1v) is 6.56. The Morgan fingerprint density at radius 3 is 2.68 bits per heavy atom. The van der Waals surface area contributed by atoms with E-state index >= 15 is 0 Å². The highest BCUT2D eigenvalue weighted by Crippen LogP contribution is 2.18. The largest absolute Gasteiger partial charge is 0.320 e. The number of rotatable bonds is 3. The van der Waals surface area contributed by atoms with Crippen LogP contribution in [0.25, 0.3) is 0 Å². The molecule has 7 heteroatoms. The Hall–Kier alpha value is -1.74. The van der Waals surface area contributed by atoms with Gasteiger partial charge in [-0.1, -0.05) is 6.07 Å². The molecule has 0 radical (unpaired) electrons. The number of amides is 1. The van der Waals surface area contributed by atoms with E-state index in [0.29, 0.717) is 5.82 Å². The number of benzene rings is 1. The number of hydrogen-bond donors (Lipinski definition) is 3. The van der Waals surface area contributed by atoms with E-state index in [1.807, 2.05) is 25.1 Å². The third-order valence-corrected chi connectivity index (χ3v) is 3.16. The van der Waals surface area contributed by atoms with Crippen LogP contribution in [0.4, 0.5) is 11.5 Å². The van der Waals surface area contributed by atoms with E-state index in [0.717, 1.165) is 14.8 Å². The maximum Gasteiger partial charge on any atom is 0.276 e. The number of hydrazine groups is 1. The fourth-order valence-electron chi connectivity index (χ4n) is 1.45. The fraction of sp³-hybridized carbons (Fsp3) is 0.0833. The van der Waals surface area contributed by atoms with Gasteiger partial charge >= 0.3 is 0 Å². The molecule has 2 aromatic rings. The summed E-state index contributed by atoms with van der Waals surface area (Å²) in [6, 6.07) is 8.97. The van der Waals surface area contributed by atoms with Gasteiger partial charge in [0.15, 0.2) is 11.5 Å². The first-order valence-electron chi connectivity index (χ1n) is 5.48. The van der Waals surface area contributed by atoms with Crippen molar-refractivity contribution in [2.24, 2.45) is 5.84 Å². The zero-order valence-electron chi connectivity index (χ0n) is 10.1. The predicted molar refractivity (Wildman–Crippen MR) is 81.7 cm³/mol. The smallest absolute Gasteiger partial charge is 0.276 e. The lowest BCUT2D eigenvalue weighted by Crippen LogP contribution is -2.16. The number of nitrogen functional groups attached to an aromatic ring is 1. The number of anilines is 2. The van der Waals surface area contributed by atoms with Gasteiger partial charge in [-0.25, -0.2) is 5.84 Å². The van der Waals surface area contributed by atoms with Gasteiger partial charge in [-0.15, -0.1) is 10.2 Å². The fourth-order valence-corrected chi connectivity index (χ4v) is 1.94. The summed E-state index contributed by atoms with van der Waals surface area (Å²) in [4.78, 5) is 12.0. The first-order chi connectivity index (χ1) is 9.10. The van der Waals surface area contributed by atoms with Crippen LogP contribution in [-0.4, -0.2) is 16.1 Å². The van der Waals surface area contributed by atoms with Gasteiger partial charge in [-0.3, -0.25) is 4.79 Å². The van der Waals surface area contributed by atoms with E-state index in [9.17, 15) is 4.79 Å². The van der Waals surface area contributed by atoms with Crippen LogP contribution in [0.5, 0.6) is 0 Å². The van der Waals surface area contributed by atoms with E-state index in [1.165, 1.54) is 0 Å². The summed E-state index contributed by atoms with van der Waals surface area (Å²) in [5.41, 5.74) is 4.34. The molecule has 0 bridgehead atoms. The quantitative estimate of drug-likeness (QED) is 0.437. The molecule has 0 atom stereocenters. The second kappa shape index (κ2) is 5.93. The minimum absolute atomic E-state index is 0.234. The van der Waals surface area contributed by atoms with Crippen LogP contribution in [0.2, 0.25) is 0 Å². The van der Waals surface area contributed by atoms with Crippen molar-refractivity contribution in [1.82, 2.24) is 10.2 Å². The number of carbonyl (C=O) groups is 1. The average molecular weight is 369 g/mol. The van der Waals surface area contributed by atoms with Crippen LogP contribution in [0.1, 0.15) is 16.1 Å². The third-order valence-electron chi connectivity index (χ3n) is 2.49. The molecule has 0 fully saturated rings. The van der Waals surface area contributed by atoms with Crippen LogP contribution in [-0.2, 0) is 0 Å². The molecule has 0 aliphatic carbocycles. The number of aromatic nitrogens is 2. The molecule has 0 unspecified atom stereocenters. The number of nitrogens with zero attached hydrogens (tertiary/aromatic N) is 2. The number of hydrogen-bond acceptors (Lipinski definition) is 5. The van der Waals surface area contributed by atoms with Crippen molar-refractivity contribution in [3.8, 4) is 0 Å². The van der Waals surface area contributed by atoms with Gasteiger partial charge in [0.25, 0.3) is 5.91 Å². The van der Waals surface area contributed by atoms with E-state index in [-0.39, 0.29) is 11.6 Å². The average Bonchev–Trinajstić information content (AvgIpc) is 2.43. The van der Waals surface area contributed by atoms with Gasteiger partial charge in [-0.2, -0.15) is 0 Å². The molecule has 19 heavy (non-hydrogen) atoms. The number of halogens is 1. The van der Waals surface area contributed by atoms with Crippen molar-refractivity contribution in [2.45, 2.75) is 6.92 Å². The Kier molecular flexibility index (Phi) is 4.27. The van der Waals surface area contributed by atoms with Crippen molar-refractivity contribution in [1.29, 1.82) is 0 Å². The molecule has 1 heterocycles. The summed E-state index contributed by atoms with van der Waals surface area (Å²) in [7, 11) is 0. The van der Waals surface area contributed by atoms with Crippen LogP contribution in [0.15, 0.2) is 30.3 Å². The molecule has 1 aromatic carbocycles. The van der Waals surface area contributed by atoms with Crippen molar-refractivity contribution in [3.05, 3.63) is 45.2 Å². The maximum atomic E-state index is 12.0. The Morgan fingerprint density at radius 2 is 2.05 bits per heavy atom. The highest BCUT2D eigenvalue weighted by atomic mass is 127. The highest BCUT2D eigenvalue weighted by molar-refractivity contribution is 14.1. The van der Waals surface area contributed by atoms with Crippen LogP contribution < -0.4 is 16.6 Å². The monoisotopic (exact) mass is 369 g/mol. The van der Waals surface area contributed by atoms with E-state index in [2.05, 4.69) is 43.5 Å². The Bertz CT molecular complexity index is 600. The molecule has 1 aromatic heterocycles. The van der Waals surface area contributed by atoms with Crippen LogP contribution in [0, 0.1) is 10.5 Å². The molecule has 0 aliphatic rings. The standard InChI is InChI=1S/C12H12IN5O/c1-7-2-3-8(13)6-10(7)15-12(19)9-4-5-11(16-14)18-17-9/h2-6H,14H2,1H3,(H,15,19)(H,16,18). The molecular weight excluding hydrogens is 357 g/mol. The summed E-state index contributed by atoms with van der Waals surface area (Å²) in [5.74, 6) is 5.28. The third kappa shape index (κ3) is 3.38. The van der Waals surface area contributed by atoms with Crippen molar-refractivity contribution >= 4 is 40.0 Å². The van der Waals surface area contributed by atoms with E-state index in [1.54, 1.807) is 12.1 Å². The molecule has 0 aliphatic heterocycles. The topological polar surface area (TPSA) is 92.9 Å². The highest BCUT2D eigenvalue weighted by Gasteiger charge is 2.10. The van der Waals surface area contributed by atoms with Gasteiger partial charge in [0.2, 0.25) is 0 Å². The SMILES string of the molecule is Cc1ccc(I)cc1NC(=O)c1ccc(NN)nn1. The maximum absolute atomic E-state index is 12.0. The van der Waals surface area contributed by atoms with Crippen LogP contribution >= 0.6 is 22.6 Å². The van der Waals surface area contributed by atoms with Gasteiger partial charge < -0.3 is 10.7 Å². The Labute approximate surface area is 123 Å². The molecule has 4 N–H and O–H groups in total. The number of nitrogens with one attached hydrogen (secondary N) is 2. The van der Waals surface area contributed by atoms with Gasteiger partial charge in [-0.05, 0) is 59.3 Å². The zero-order chi connectivity index (χ0) is 13.8. The van der Waals surface area contributed by atoms with Crippen molar-refractivity contribution in [2.75, 3.05) is 10.7 Å². The molecule has 2 rings (SSSR count). The second-order valence-electron chi connectivity index (χ2n) is 3.86. The molecule has 0 spiro atoms. The van der Waals surface area contributed by atoms with Crippen molar-refractivity contribution in [3.63, 3.8) is 0 Å². The molecule has 0 saturated carbocycles. The lowest BCUT2D eigenvalue weighted by atomic mass is 10.2. The first kappa shape index (κ1) is 13.7. The van der Waals surface area contributed by atoms with E-state index < -0.39 is 0 Å². The van der Waals surface area contributed by atoms with Gasteiger partial charge in [0, 0.05) is 9.26 Å². The Morgan fingerprint density at radius 1 is 1.26 bits per heavy atom. The number of aryl methyl sites for hydroxylation is 1. The minimum Gasteiger partial charge on any atom is -0.320 e. The summed E-state index contributed by atoms with van der Waals surface area (Å²) >= 11 is 2.19. The zero-order valence-corrected chi connectivity index (χ0v) is 12.3. The van der Waals surface area contributed by atoms with Crippen molar-refractivity contribution < 1.29 is 4.79 Å². The second-order valence-corrected chi connectivity index (χ2v) is 5.11. The summed E-state index contributed by atoms with van der Waals surface area (Å²) in [6.45, 7) is 1.93. The molecule has 0 saturated heterocycles. The van der Waals surface area contributed by atoms with Crippen LogP contribution in [0.3, 0.4) is 0 Å². The molecule has 98 valence electrons. The molecule has 6 nitrogen and oxygen atoms in total.